The molecule has 27 heavy (non-hydrogen) atoms. The lowest BCUT2D eigenvalue weighted by Gasteiger charge is -2.30. The third-order valence-electron chi connectivity index (χ3n) is 4.34. The molecular formula is C22H40O4Si. The molecule has 0 aliphatic heterocycles. The maximum Gasteiger partial charge on any atom is 0.501 e. The van der Waals surface area contributed by atoms with E-state index in [1.165, 1.54) is 5.56 Å². The minimum atomic E-state index is -2.62. The first-order chi connectivity index (χ1) is 13.3. The highest BCUT2D eigenvalue weighted by Crippen LogP contribution is 2.20. The first-order valence-electron chi connectivity index (χ1n) is 10.8. The van der Waals surface area contributed by atoms with Gasteiger partial charge in [-0.25, -0.2) is 0 Å². The Morgan fingerprint density at radius 3 is 1.67 bits per heavy atom. The standard InChI is InChI=1S/C22H40O4Si/c1-4-7-17-24-27(25-18-8-5-2,26-19-9-6-3)20-13-16-23-21-22-14-11-10-12-15-22/h10-12,14-15H,4-9,13,16-21H2,1-3H3. The van der Waals surface area contributed by atoms with Gasteiger partial charge in [-0.05, 0) is 31.2 Å². The molecule has 0 saturated heterocycles. The van der Waals surface area contributed by atoms with Crippen molar-refractivity contribution in [2.24, 2.45) is 0 Å². The molecule has 0 spiro atoms. The van der Waals surface area contributed by atoms with Crippen LogP contribution in [0.5, 0.6) is 0 Å². The van der Waals surface area contributed by atoms with E-state index in [0.717, 1.165) is 70.8 Å². The van der Waals surface area contributed by atoms with Crippen LogP contribution >= 0.6 is 0 Å². The lowest BCUT2D eigenvalue weighted by atomic mass is 10.2. The summed E-state index contributed by atoms with van der Waals surface area (Å²) in [5, 5.41) is 0. The van der Waals surface area contributed by atoms with Gasteiger partial charge in [-0.2, -0.15) is 0 Å². The Labute approximate surface area is 167 Å². The summed E-state index contributed by atoms with van der Waals surface area (Å²) in [7, 11) is -2.62. The van der Waals surface area contributed by atoms with Crippen LogP contribution in [0.2, 0.25) is 6.04 Å². The molecule has 5 heteroatoms. The molecule has 0 aromatic heterocycles. The van der Waals surface area contributed by atoms with E-state index >= 15 is 0 Å². The van der Waals surface area contributed by atoms with Gasteiger partial charge in [-0.3, -0.25) is 0 Å². The lowest BCUT2D eigenvalue weighted by Crippen LogP contribution is -2.46. The predicted molar refractivity (Wildman–Crippen MR) is 114 cm³/mol. The van der Waals surface area contributed by atoms with Gasteiger partial charge < -0.3 is 18.0 Å². The van der Waals surface area contributed by atoms with Crippen molar-refractivity contribution in [2.75, 3.05) is 26.4 Å². The SMILES string of the molecule is CCCCO[Si](CCCOCc1ccccc1)(OCCCC)OCCCC. The molecule has 0 atom stereocenters. The van der Waals surface area contributed by atoms with Crippen molar-refractivity contribution in [3.63, 3.8) is 0 Å². The molecule has 1 aromatic carbocycles. The quantitative estimate of drug-likeness (QED) is 0.226. The summed E-state index contributed by atoms with van der Waals surface area (Å²) >= 11 is 0. The van der Waals surface area contributed by atoms with Gasteiger partial charge in [0.05, 0.1) is 6.61 Å². The summed E-state index contributed by atoms with van der Waals surface area (Å²) in [6, 6.07) is 11.1. The van der Waals surface area contributed by atoms with Crippen LogP contribution < -0.4 is 0 Å². The fourth-order valence-electron chi connectivity index (χ4n) is 2.61. The maximum absolute atomic E-state index is 6.27. The maximum atomic E-state index is 6.27. The van der Waals surface area contributed by atoms with E-state index in [4.69, 9.17) is 18.0 Å². The fraction of sp³-hybridized carbons (Fsp3) is 0.727. The molecule has 0 fully saturated rings. The largest absolute Gasteiger partial charge is 0.501 e. The van der Waals surface area contributed by atoms with Crippen molar-refractivity contribution in [1.29, 1.82) is 0 Å². The van der Waals surface area contributed by atoms with Crippen LogP contribution in [0.15, 0.2) is 30.3 Å². The minimum absolute atomic E-state index is 0.652. The molecule has 0 bridgehead atoms. The smallest absolute Gasteiger partial charge is 0.377 e. The van der Waals surface area contributed by atoms with Crippen molar-refractivity contribution in [3.05, 3.63) is 35.9 Å². The van der Waals surface area contributed by atoms with Gasteiger partial charge in [0.1, 0.15) is 0 Å². The Balaban J connectivity index is 2.50. The molecule has 1 rings (SSSR count). The summed E-state index contributed by atoms with van der Waals surface area (Å²) < 4.78 is 24.6. The molecule has 0 saturated carbocycles. The Hall–Kier alpha value is -0.723. The molecule has 0 heterocycles. The Kier molecular flexibility index (Phi) is 14.6. The number of hydrogen-bond acceptors (Lipinski definition) is 4. The average molecular weight is 397 g/mol. The van der Waals surface area contributed by atoms with Crippen LogP contribution in [-0.4, -0.2) is 35.2 Å². The number of ether oxygens (including phenoxy) is 1. The van der Waals surface area contributed by atoms with Gasteiger partial charge in [-0.1, -0.05) is 70.4 Å². The molecule has 0 aliphatic carbocycles. The van der Waals surface area contributed by atoms with E-state index in [9.17, 15) is 0 Å². The molecule has 4 nitrogen and oxygen atoms in total. The van der Waals surface area contributed by atoms with Crippen LogP contribution in [-0.2, 0) is 24.6 Å². The summed E-state index contributed by atoms with van der Waals surface area (Å²) in [4.78, 5) is 0. The zero-order chi connectivity index (χ0) is 19.6. The average Bonchev–Trinajstić information content (AvgIpc) is 2.69. The van der Waals surface area contributed by atoms with Gasteiger partial charge >= 0.3 is 8.80 Å². The molecule has 0 N–H and O–H groups in total. The van der Waals surface area contributed by atoms with E-state index in [0.29, 0.717) is 13.2 Å². The van der Waals surface area contributed by atoms with E-state index in [1.54, 1.807) is 0 Å². The van der Waals surface area contributed by atoms with Gasteiger partial charge in [0, 0.05) is 32.5 Å². The Bertz CT molecular complexity index is 415. The van der Waals surface area contributed by atoms with Crippen LogP contribution in [0, 0.1) is 0 Å². The first kappa shape index (κ1) is 24.3. The number of rotatable bonds is 18. The third-order valence-corrected chi connectivity index (χ3v) is 7.24. The normalized spacial score (nSPS) is 11.8. The van der Waals surface area contributed by atoms with Gasteiger partial charge in [0.25, 0.3) is 0 Å². The predicted octanol–water partition coefficient (Wildman–Crippen LogP) is 5.98. The first-order valence-corrected chi connectivity index (χ1v) is 12.7. The highest BCUT2D eigenvalue weighted by atomic mass is 28.4. The molecule has 0 aliphatic rings. The van der Waals surface area contributed by atoms with Crippen molar-refractivity contribution >= 4 is 8.80 Å². The Morgan fingerprint density at radius 2 is 1.19 bits per heavy atom. The second-order valence-corrected chi connectivity index (χ2v) is 9.66. The number of hydrogen-bond donors (Lipinski definition) is 0. The van der Waals surface area contributed by atoms with E-state index in [2.05, 4.69) is 32.9 Å². The molecule has 1 aromatic rings. The topological polar surface area (TPSA) is 36.9 Å². The monoisotopic (exact) mass is 396 g/mol. The van der Waals surface area contributed by atoms with Crippen molar-refractivity contribution < 1.29 is 18.0 Å². The zero-order valence-corrected chi connectivity index (χ0v) is 18.7. The zero-order valence-electron chi connectivity index (χ0n) is 17.7. The molecular weight excluding hydrogens is 356 g/mol. The molecule has 0 radical (unpaired) electrons. The second kappa shape index (κ2) is 16.3. The summed E-state index contributed by atoms with van der Waals surface area (Å²) in [5.74, 6) is 0. The lowest BCUT2D eigenvalue weighted by molar-refractivity contribution is 0.0514. The molecule has 0 unspecified atom stereocenters. The number of unbranched alkanes of at least 4 members (excludes halogenated alkanes) is 3. The van der Waals surface area contributed by atoms with E-state index < -0.39 is 8.80 Å². The number of benzene rings is 1. The van der Waals surface area contributed by atoms with Crippen LogP contribution in [0.3, 0.4) is 0 Å². The van der Waals surface area contributed by atoms with Crippen molar-refractivity contribution in [1.82, 2.24) is 0 Å². The summed E-state index contributed by atoms with van der Waals surface area (Å²) in [6.07, 6.45) is 7.41. The van der Waals surface area contributed by atoms with E-state index in [1.807, 2.05) is 18.2 Å². The van der Waals surface area contributed by atoms with Gasteiger partial charge in [0.15, 0.2) is 0 Å². The van der Waals surface area contributed by atoms with Crippen LogP contribution in [0.1, 0.15) is 71.3 Å². The second-order valence-electron chi connectivity index (χ2n) is 6.93. The van der Waals surface area contributed by atoms with Gasteiger partial charge in [0.2, 0.25) is 0 Å². The van der Waals surface area contributed by atoms with Crippen molar-refractivity contribution in [3.8, 4) is 0 Å². The summed E-state index contributed by atoms with van der Waals surface area (Å²) in [6.45, 7) is 10.1. The minimum Gasteiger partial charge on any atom is -0.377 e. The van der Waals surface area contributed by atoms with Crippen LogP contribution in [0.4, 0.5) is 0 Å². The van der Waals surface area contributed by atoms with Gasteiger partial charge in [-0.15, -0.1) is 0 Å². The third kappa shape index (κ3) is 11.7. The van der Waals surface area contributed by atoms with Crippen LogP contribution in [0.25, 0.3) is 0 Å². The highest BCUT2D eigenvalue weighted by molar-refractivity contribution is 6.60. The van der Waals surface area contributed by atoms with E-state index in [-0.39, 0.29) is 0 Å². The highest BCUT2D eigenvalue weighted by Gasteiger charge is 2.40. The Morgan fingerprint density at radius 1 is 0.667 bits per heavy atom. The fourth-order valence-corrected chi connectivity index (χ4v) is 5.24. The molecule has 156 valence electrons. The van der Waals surface area contributed by atoms with Crippen molar-refractivity contribution in [2.45, 2.75) is 78.4 Å². The molecule has 0 amide bonds. The summed E-state index contributed by atoms with van der Waals surface area (Å²) in [5.41, 5.74) is 1.21.